The molecule has 0 saturated heterocycles. The number of rotatable bonds is 4. The maximum Gasteiger partial charge on any atom is 0.312 e. The normalized spacial score (nSPS) is 26.0. The summed E-state index contributed by atoms with van der Waals surface area (Å²) in [6, 6.07) is 0. The van der Waals surface area contributed by atoms with Crippen LogP contribution >= 0.6 is 0 Å². The van der Waals surface area contributed by atoms with E-state index in [9.17, 15) is 9.59 Å². The van der Waals surface area contributed by atoms with E-state index >= 15 is 0 Å². The smallest absolute Gasteiger partial charge is 0.312 e. The molecule has 2 rings (SSSR count). The van der Waals surface area contributed by atoms with Crippen molar-refractivity contribution in [1.82, 2.24) is 5.43 Å². The summed E-state index contributed by atoms with van der Waals surface area (Å²) in [5.41, 5.74) is 3.58. The van der Waals surface area contributed by atoms with E-state index in [4.69, 9.17) is 10.1 Å². The highest BCUT2D eigenvalue weighted by molar-refractivity contribution is 6.09. The average molecular weight is 303 g/mol. The van der Waals surface area contributed by atoms with Gasteiger partial charge < -0.3 is 10.1 Å². The summed E-state index contributed by atoms with van der Waals surface area (Å²) in [6.07, 6.45) is 9.78. The number of nitrogens with one attached hydrogen (secondary N) is 2. The minimum atomic E-state index is -0.422. The summed E-state index contributed by atoms with van der Waals surface area (Å²) in [5.74, 6) is -1.12. The Morgan fingerprint density at radius 3 is 2.86 bits per heavy atom. The zero-order chi connectivity index (χ0) is 15.9. The van der Waals surface area contributed by atoms with E-state index in [0.717, 1.165) is 12.1 Å². The summed E-state index contributed by atoms with van der Waals surface area (Å²) in [4.78, 5) is 23.6. The number of esters is 1. The lowest BCUT2D eigenvalue weighted by Crippen LogP contribution is -2.33. The maximum atomic E-state index is 12.0. The summed E-state index contributed by atoms with van der Waals surface area (Å²) < 4.78 is 4.98. The van der Waals surface area contributed by atoms with Crippen molar-refractivity contribution in [2.45, 2.75) is 32.6 Å². The Hall–Kier alpha value is -2.24. The number of nitrogens with zero attached hydrogens (tertiary/aromatic N) is 1. The summed E-state index contributed by atoms with van der Waals surface area (Å²) in [7, 11) is 0. The van der Waals surface area contributed by atoms with E-state index in [1.54, 1.807) is 25.2 Å². The fourth-order valence-electron chi connectivity index (χ4n) is 2.47. The fourth-order valence-corrected chi connectivity index (χ4v) is 2.47. The molecule has 2 N–H and O–H groups in total. The van der Waals surface area contributed by atoms with Crippen LogP contribution < -0.4 is 5.43 Å². The van der Waals surface area contributed by atoms with E-state index in [1.165, 1.54) is 0 Å². The van der Waals surface area contributed by atoms with Gasteiger partial charge in [-0.15, -0.1) is 0 Å². The first kappa shape index (κ1) is 16.1. The van der Waals surface area contributed by atoms with Crippen LogP contribution in [0.3, 0.4) is 0 Å². The van der Waals surface area contributed by atoms with Crippen LogP contribution in [0, 0.1) is 17.2 Å². The lowest BCUT2D eigenvalue weighted by Gasteiger charge is -2.18. The second kappa shape index (κ2) is 7.68. The molecule has 0 saturated carbocycles. The first-order valence-electron chi connectivity index (χ1n) is 7.58. The number of amides is 1. The van der Waals surface area contributed by atoms with E-state index < -0.39 is 5.92 Å². The van der Waals surface area contributed by atoms with Crippen molar-refractivity contribution in [1.29, 1.82) is 5.41 Å². The van der Waals surface area contributed by atoms with E-state index in [-0.39, 0.29) is 17.8 Å². The van der Waals surface area contributed by atoms with Crippen molar-refractivity contribution in [3.8, 4) is 0 Å². The van der Waals surface area contributed by atoms with Crippen molar-refractivity contribution in [3.05, 3.63) is 24.3 Å². The topological polar surface area (TPSA) is 91.6 Å². The van der Waals surface area contributed by atoms with Gasteiger partial charge in [-0.3, -0.25) is 9.59 Å². The average Bonchev–Trinajstić information content (AvgIpc) is 2.54. The van der Waals surface area contributed by atoms with Gasteiger partial charge in [-0.05, 0) is 44.8 Å². The summed E-state index contributed by atoms with van der Waals surface area (Å²) in [5, 5.41) is 11.8. The number of hydrogen-bond donors (Lipinski definition) is 2. The van der Waals surface area contributed by atoms with Gasteiger partial charge in [-0.25, -0.2) is 5.43 Å². The van der Waals surface area contributed by atoms with Crippen molar-refractivity contribution in [2.24, 2.45) is 16.9 Å². The molecule has 0 aliphatic heterocycles. The van der Waals surface area contributed by atoms with Gasteiger partial charge in [0.25, 0.3) is 0 Å². The fraction of sp³-hybridized carbons (Fsp3) is 0.500. The van der Waals surface area contributed by atoms with E-state index in [0.29, 0.717) is 31.6 Å². The molecule has 2 atom stereocenters. The Morgan fingerprint density at radius 2 is 2.23 bits per heavy atom. The molecule has 22 heavy (non-hydrogen) atoms. The molecule has 2 aliphatic rings. The van der Waals surface area contributed by atoms with E-state index in [2.05, 4.69) is 10.5 Å². The molecule has 1 amide bonds. The standard InChI is InChI=1S/C16H21N3O3/c1-2-22-16(21)11-7-9-12(10-8-11)18-19-15(20)13-5-3-4-6-14(13)17/h4,6-7,9,11,13,17H,2-3,5,8,10H2,1H3,(H,19,20)/b17-14?,18-12-. The van der Waals surface area contributed by atoms with Gasteiger partial charge >= 0.3 is 5.97 Å². The molecule has 0 fully saturated rings. The lowest BCUT2D eigenvalue weighted by molar-refractivity contribution is -0.146. The number of carbonyl (C=O) groups is 2. The number of hydrazone groups is 1. The van der Waals surface area contributed by atoms with Gasteiger partial charge in [0.2, 0.25) is 5.91 Å². The van der Waals surface area contributed by atoms with Crippen molar-refractivity contribution >= 4 is 23.3 Å². The van der Waals surface area contributed by atoms with Gasteiger partial charge in [0.15, 0.2) is 0 Å². The predicted molar refractivity (Wildman–Crippen MR) is 83.7 cm³/mol. The molecular weight excluding hydrogens is 282 g/mol. The second-order valence-electron chi connectivity index (χ2n) is 5.32. The van der Waals surface area contributed by atoms with Gasteiger partial charge in [0.1, 0.15) is 0 Å². The van der Waals surface area contributed by atoms with Crippen LogP contribution in [0.2, 0.25) is 0 Å². The van der Waals surface area contributed by atoms with Crippen molar-refractivity contribution in [2.75, 3.05) is 6.61 Å². The zero-order valence-corrected chi connectivity index (χ0v) is 12.7. The molecule has 2 aliphatic carbocycles. The molecule has 0 aromatic heterocycles. The molecule has 0 bridgehead atoms. The Labute approximate surface area is 129 Å². The molecule has 118 valence electrons. The van der Waals surface area contributed by atoms with Gasteiger partial charge in [0.05, 0.1) is 24.2 Å². The molecule has 0 aromatic rings. The molecular formula is C16H21N3O3. The van der Waals surface area contributed by atoms with Crippen LogP contribution in [0.25, 0.3) is 0 Å². The third-order valence-corrected chi connectivity index (χ3v) is 3.74. The minimum absolute atomic E-state index is 0.218. The number of carbonyl (C=O) groups excluding carboxylic acids is 2. The quantitative estimate of drug-likeness (QED) is 0.614. The Balaban J connectivity index is 1.88. The van der Waals surface area contributed by atoms with Crippen molar-refractivity contribution < 1.29 is 14.3 Å². The Kier molecular flexibility index (Phi) is 5.63. The van der Waals surface area contributed by atoms with Crippen LogP contribution in [0.5, 0.6) is 0 Å². The first-order valence-corrected chi connectivity index (χ1v) is 7.58. The van der Waals surface area contributed by atoms with Crippen molar-refractivity contribution in [3.63, 3.8) is 0 Å². The third kappa shape index (κ3) is 4.13. The minimum Gasteiger partial charge on any atom is -0.466 e. The summed E-state index contributed by atoms with van der Waals surface area (Å²) >= 11 is 0. The summed E-state index contributed by atoms with van der Waals surface area (Å²) in [6.45, 7) is 2.16. The molecule has 0 heterocycles. The van der Waals surface area contributed by atoms with Crippen LogP contribution in [0.4, 0.5) is 0 Å². The zero-order valence-electron chi connectivity index (χ0n) is 12.7. The molecule has 0 aromatic carbocycles. The molecule has 0 radical (unpaired) electrons. The SMILES string of the molecule is CCOC(=O)C1C=C/C(=N/NC(=O)C2CCC=CC2=N)CC1. The maximum absolute atomic E-state index is 12.0. The third-order valence-electron chi connectivity index (χ3n) is 3.74. The van der Waals surface area contributed by atoms with Gasteiger partial charge in [0, 0.05) is 5.71 Å². The van der Waals surface area contributed by atoms with Crippen LogP contribution in [0.1, 0.15) is 32.6 Å². The monoisotopic (exact) mass is 303 g/mol. The van der Waals surface area contributed by atoms with Gasteiger partial charge in [-0.1, -0.05) is 12.2 Å². The van der Waals surface area contributed by atoms with Crippen LogP contribution in [-0.2, 0) is 14.3 Å². The lowest BCUT2D eigenvalue weighted by atomic mass is 9.92. The highest BCUT2D eigenvalue weighted by Gasteiger charge is 2.24. The number of hydrogen-bond acceptors (Lipinski definition) is 5. The highest BCUT2D eigenvalue weighted by atomic mass is 16.5. The van der Waals surface area contributed by atoms with Crippen LogP contribution in [0.15, 0.2) is 29.4 Å². The van der Waals surface area contributed by atoms with Crippen LogP contribution in [-0.4, -0.2) is 29.9 Å². The molecule has 2 unspecified atom stereocenters. The highest BCUT2D eigenvalue weighted by Crippen LogP contribution is 2.18. The predicted octanol–water partition coefficient (Wildman–Crippen LogP) is 1.97. The molecule has 6 heteroatoms. The first-order chi connectivity index (χ1) is 10.6. The molecule has 6 nitrogen and oxygen atoms in total. The number of ether oxygens (including phenoxy) is 1. The number of allylic oxidation sites excluding steroid dienone is 3. The Bertz CT molecular complexity index is 549. The second-order valence-corrected chi connectivity index (χ2v) is 5.32. The van der Waals surface area contributed by atoms with E-state index in [1.807, 2.05) is 6.08 Å². The molecule has 0 spiro atoms. The Morgan fingerprint density at radius 1 is 1.41 bits per heavy atom. The van der Waals surface area contributed by atoms with Gasteiger partial charge in [-0.2, -0.15) is 5.10 Å². The largest absolute Gasteiger partial charge is 0.466 e.